The van der Waals surface area contributed by atoms with Crippen LogP contribution in [0.1, 0.15) is 30.3 Å². The van der Waals surface area contributed by atoms with Gasteiger partial charge in [0, 0.05) is 23.7 Å². The van der Waals surface area contributed by atoms with E-state index in [1.54, 1.807) is 17.5 Å². The van der Waals surface area contributed by atoms with Gasteiger partial charge in [-0.2, -0.15) is 0 Å². The molecule has 120 valence electrons. The normalized spacial score (nSPS) is 13.0. The van der Waals surface area contributed by atoms with Gasteiger partial charge in [-0.05, 0) is 18.6 Å². The zero-order valence-corrected chi connectivity index (χ0v) is 14.0. The molecule has 1 aromatic heterocycles. The van der Waals surface area contributed by atoms with Crippen molar-refractivity contribution in [1.29, 1.82) is 0 Å². The molecule has 2 heterocycles. The third-order valence-electron chi connectivity index (χ3n) is 3.79. The predicted molar refractivity (Wildman–Crippen MR) is 92.4 cm³/mol. The molecule has 0 saturated heterocycles. The fourth-order valence-electron chi connectivity index (χ4n) is 2.54. The van der Waals surface area contributed by atoms with Crippen molar-refractivity contribution in [3.05, 3.63) is 52.0 Å². The molecule has 0 bridgehead atoms. The van der Waals surface area contributed by atoms with Gasteiger partial charge in [0.1, 0.15) is 17.4 Å². The van der Waals surface area contributed by atoms with Crippen LogP contribution in [0.15, 0.2) is 41.4 Å². The molecule has 4 nitrogen and oxygen atoms in total. The first-order chi connectivity index (χ1) is 11.3. The summed E-state index contributed by atoms with van der Waals surface area (Å²) >= 11 is 1.58. The molecule has 0 saturated carbocycles. The average molecular weight is 328 g/mol. The zero-order valence-electron chi connectivity index (χ0n) is 13.2. The largest absolute Gasteiger partial charge is 0.488 e. The molecule has 2 aromatic rings. The minimum Gasteiger partial charge on any atom is -0.488 e. The first-order valence-corrected chi connectivity index (χ1v) is 8.76. The fourth-order valence-corrected chi connectivity index (χ4v) is 3.17. The molecule has 0 spiro atoms. The van der Waals surface area contributed by atoms with E-state index < -0.39 is 0 Å². The number of rotatable bonds is 6. The number of carbonyl (C=O) groups excluding carboxylic acids is 1. The molecular formula is C18H20N2O2S. The molecule has 1 amide bonds. The van der Waals surface area contributed by atoms with Crippen molar-refractivity contribution >= 4 is 23.3 Å². The van der Waals surface area contributed by atoms with E-state index in [9.17, 15) is 4.79 Å². The van der Waals surface area contributed by atoms with Crippen molar-refractivity contribution in [2.75, 3.05) is 13.2 Å². The average Bonchev–Trinajstić information content (AvgIpc) is 3.10. The van der Waals surface area contributed by atoms with Gasteiger partial charge in [0.05, 0.1) is 12.1 Å². The van der Waals surface area contributed by atoms with Crippen LogP contribution >= 0.6 is 11.3 Å². The highest BCUT2D eigenvalue weighted by Crippen LogP contribution is 2.26. The Kier molecular flexibility index (Phi) is 5.08. The van der Waals surface area contributed by atoms with Crippen molar-refractivity contribution < 1.29 is 9.53 Å². The second kappa shape index (κ2) is 7.42. The van der Waals surface area contributed by atoms with Gasteiger partial charge in [-0.1, -0.05) is 31.5 Å². The molecule has 0 fully saturated rings. The maximum atomic E-state index is 12.9. The third kappa shape index (κ3) is 3.79. The van der Waals surface area contributed by atoms with Crippen LogP contribution in [-0.4, -0.2) is 28.9 Å². The molecule has 0 radical (unpaired) electrons. The van der Waals surface area contributed by atoms with E-state index >= 15 is 0 Å². The number of carbonyl (C=O) groups is 1. The highest BCUT2D eigenvalue weighted by atomic mass is 32.1. The number of amides is 1. The van der Waals surface area contributed by atoms with Crippen molar-refractivity contribution in [1.82, 2.24) is 9.88 Å². The number of hydrogen-bond acceptors (Lipinski definition) is 4. The molecule has 3 rings (SSSR count). The van der Waals surface area contributed by atoms with Gasteiger partial charge in [0.2, 0.25) is 0 Å². The van der Waals surface area contributed by atoms with E-state index in [-0.39, 0.29) is 5.91 Å². The molecule has 1 aliphatic rings. The Hall–Kier alpha value is -2.14. The van der Waals surface area contributed by atoms with Gasteiger partial charge in [-0.25, -0.2) is 4.98 Å². The SMILES string of the molecule is CCCCN(Cc1nccs1)C(=O)C1=Cc2ccccc2OC1. The molecule has 0 unspecified atom stereocenters. The Morgan fingerprint density at radius 1 is 1.39 bits per heavy atom. The molecule has 1 aromatic carbocycles. The first-order valence-electron chi connectivity index (χ1n) is 7.88. The van der Waals surface area contributed by atoms with Gasteiger partial charge < -0.3 is 9.64 Å². The van der Waals surface area contributed by atoms with E-state index in [2.05, 4.69) is 11.9 Å². The number of ether oxygens (including phenoxy) is 1. The number of benzene rings is 1. The summed E-state index contributed by atoms with van der Waals surface area (Å²) in [4.78, 5) is 19.1. The maximum absolute atomic E-state index is 12.9. The van der Waals surface area contributed by atoms with Gasteiger partial charge in [-0.3, -0.25) is 4.79 Å². The maximum Gasteiger partial charge on any atom is 0.253 e. The third-order valence-corrected chi connectivity index (χ3v) is 4.55. The molecule has 0 aliphatic carbocycles. The van der Waals surface area contributed by atoms with Crippen molar-refractivity contribution in [3.63, 3.8) is 0 Å². The number of aromatic nitrogens is 1. The van der Waals surface area contributed by atoms with Crippen LogP contribution in [0.25, 0.3) is 6.08 Å². The van der Waals surface area contributed by atoms with Crippen LogP contribution in [0.2, 0.25) is 0 Å². The van der Waals surface area contributed by atoms with Gasteiger partial charge in [0.25, 0.3) is 5.91 Å². The van der Waals surface area contributed by atoms with Crippen LogP contribution in [-0.2, 0) is 11.3 Å². The summed E-state index contributed by atoms with van der Waals surface area (Å²) in [6, 6.07) is 7.79. The van der Waals surface area contributed by atoms with Crippen molar-refractivity contribution in [2.24, 2.45) is 0 Å². The van der Waals surface area contributed by atoms with E-state index in [1.165, 1.54) is 0 Å². The summed E-state index contributed by atoms with van der Waals surface area (Å²) in [5.41, 5.74) is 1.67. The summed E-state index contributed by atoms with van der Waals surface area (Å²) < 4.78 is 5.72. The molecule has 0 N–H and O–H groups in total. The minimum absolute atomic E-state index is 0.0446. The predicted octanol–water partition coefficient (Wildman–Crippen LogP) is 3.75. The lowest BCUT2D eigenvalue weighted by Crippen LogP contribution is -2.34. The van der Waals surface area contributed by atoms with Crippen LogP contribution in [0.5, 0.6) is 5.75 Å². The Balaban J connectivity index is 1.79. The highest BCUT2D eigenvalue weighted by Gasteiger charge is 2.22. The van der Waals surface area contributed by atoms with Gasteiger partial charge >= 0.3 is 0 Å². The van der Waals surface area contributed by atoms with E-state index in [4.69, 9.17) is 4.74 Å². The first kappa shape index (κ1) is 15.7. The van der Waals surface area contributed by atoms with E-state index in [1.807, 2.05) is 40.6 Å². The Bertz CT molecular complexity index is 695. The monoisotopic (exact) mass is 328 g/mol. The summed E-state index contributed by atoms with van der Waals surface area (Å²) in [7, 11) is 0. The van der Waals surface area contributed by atoms with Crippen LogP contribution in [0.4, 0.5) is 0 Å². The van der Waals surface area contributed by atoms with Crippen molar-refractivity contribution in [2.45, 2.75) is 26.3 Å². The quantitative estimate of drug-likeness (QED) is 0.811. The molecule has 1 aliphatic heterocycles. The minimum atomic E-state index is 0.0446. The second-order valence-corrected chi connectivity index (χ2v) is 6.48. The summed E-state index contributed by atoms with van der Waals surface area (Å²) in [5, 5.41) is 2.91. The lowest BCUT2D eigenvalue weighted by atomic mass is 10.1. The lowest BCUT2D eigenvalue weighted by molar-refractivity contribution is -0.128. The number of unbranched alkanes of at least 4 members (excludes halogenated alkanes) is 1. The van der Waals surface area contributed by atoms with E-state index in [0.717, 1.165) is 35.7 Å². The summed E-state index contributed by atoms with van der Waals surface area (Å²) in [5.74, 6) is 0.882. The van der Waals surface area contributed by atoms with Gasteiger partial charge in [0.15, 0.2) is 0 Å². The molecule has 23 heavy (non-hydrogen) atoms. The van der Waals surface area contributed by atoms with Crippen LogP contribution < -0.4 is 4.74 Å². The summed E-state index contributed by atoms with van der Waals surface area (Å²) in [6.45, 7) is 3.77. The standard InChI is InChI=1S/C18H20N2O2S/c1-2-3-9-20(12-17-19-8-10-23-17)18(21)15-11-14-6-4-5-7-16(14)22-13-15/h4-8,10-11H,2-3,9,12-13H2,1H3. The number of para-hydroxylation sites is 1. The number of thiazole rings is 1. The van der Waals surface area contributed by atoms with E-state index in [0.29, 0.717) is 18.7 Å². The highest BCUT2D eigenvalue weighted by molar-refractivity contribution is 7.09. The number of nitrogens with zero attached hydrogens (tertiary/aromatic N) is 2. The summed E-state index contributed by atoms with van der Waals surface area (Å²) in [6.07, 6.45) is 5.77. The Morgan fingerprint density at radius 2 is 2.26 bits per heavy atom. The molecule has 0 atom stereocenters. The Morgan fingerprint density at radius 3 is 3.04 bits per heavy atom. The fraction of sp³-hybridized carbons (Fsp3) is 0.333. The Labute approximate surface area is 140 Å². The topological polar surface area (TPSA) is 42.4 Å². The molecule has 5 heteroatoms. The zero-order chi connectivity index (χ0) is 16.1. The lowest BCUT2D eigenvalue weighted by Gasteiger charge is -2.25. The van der Waals surface area contributed by atoms with Crippen LogP contribution in [0, 0.1) is 0 Å². The number of hydrogen-bond donors (Lipinski definition) is 0. The molecular weight excluding hydrogens is 308 g/mol. The number of fused-ring (bicyclic) bond motifs is 1. The smallest absolute Gasteiger partial charge is 0.253 e. The second-order valence-electron chi connectivity index (χ2n) is 5.50. The van der Waals surface area contributed by atoms with Gasteiger partial charge in [-0.15, -0.1) is 11.3 Å². The van der Waals surface area contributed by atoms with Crippen LogP contribution in [0.3, 0.4) is 0 Å². The van der Waals surface area contributed by atoms with Crippen molar-refractivity contribution in [3.8, 4) is 5.75 Å².